The zero-order valence-corrected chi connectivity index (χ0v) is 31.5. The third-order valence-corrected chi connectivity index (χ3v) is 12.4. The number of allylic oxidation sites excluding steroid dienone is 1. The summed E-state index contributed by atoms with van der Waals surface area (Å²) in [5, 5.41) is 8.16. The van der Waals surface area contributed by atoms with Gasteiger partial charge in [0.25, 0.3) is 0 Å². The Morgan fingerprint density at radius 2 is 1.57 bits per heavy atom. The fourth-order valence-corrected chi connectivity index (χ4v) is 9.65. The molecule has 2 atom stereocenters. The van der Waals surface area contributed by atoms with Gasteiger partial charge in [-0.3, -0.25) is 4.79 Å². The average Bonchev–Trinajstić information content (AvgIpc) is 3.49. The second-order valence-corrected chi connectivity index (χ2v) is 15.2. The van der Waals surface area contributed by atoms with E-state index in [4.69, 9.17) is 16.7 Å². The Labute approximate surface area is 302 Å². The number of aliphatic hydroxyl groups excluding tert-OH is 1. The van der Waals surface area contributed by atoms with Gasteiger partial charge in [-0.25, -0.2) is 12.8 Å². The lowest BCUT2D eigenvalue weighted by atomic mass is 9.76. The topological polar surface area (TPSA) is 74.7 Å². The number of aliphatic hydroxyl groups is 1. The molecule has 1 amide bonds. The minimum atomic E-state index is -6.32. The Morgan fingerprint density at radius 3 is 2.04 bits per heavy atom. The predicted octanol–water partition coefficient (Wildman–Crippen LogP) is 11.3. The standard InChI is InChI=1S/C30H33ClF7NO3S.C5H10O.C2H6/c1-4-6-19(7-5-2)26(40)39-15-14-27(43(41,42)22-11-8-18(3)24(31)17-22)23-12-10-21(16-20(23)9-13-25(27)39)28(32,29(33,34)35)30(36,37)38;1-2-3-4-5-6;1-2/h8,10-12,16-17,19,25H,4-7,9,13-15H2,1-3H3;4-6H,2-3H2,1H3;1-2H3/b;5-4+;. The maximum Gasteiger partial charge on any atom is 0.435 e. The van der Waals surface area contributed by atoms with Gasteiger partial charge in [-0.1, -0.05) is 95.8 Å². The molecule has 1 N–H and O–H groups in total. The van der Waals surface area contributed by atoms with Crippen LogP contribution in [0.5, 0.6) is 0 Å². The Balaban J connectivity index is 0.00000102. The molecule has 2 unspecified atom stereocenters. The normalized spacial score (nSPS) is 19.2. The monoisotopic (exact) mass is 771 g/mol. The first-order chi connectivity index (χ1) is 23.8. The Morgan fingerprint density at radius 1 is 0.980 bits per heavy atom. The van der Waals surface area contributed by atoms with E-state index in [1.807, 2.05) is 27.7 Å². The van der Waals surface area contributed by atoms with E-state index in [1.165, 1.54) is 23.1 Å². The zero-order chi connectivity index (χ0) is 39.0. The van der Waals surface area contributed by atoms with Gasteiger partial charge in [0.1, 0.15) is 4.75 Å². The number of aryl methyl sites for hydroxylation is 2. The molecule has 1 aliphatic heterocycles. The highest BCUT2D eigenvalue weighted by molar-refractivity contribution is 7.92. The molecule has 0 radical (unpaired) electrons. The first-order valence-corrected chi connectivity index (χ1v) is 19.2. The van der Waals surface area contributed by atoms with Crippen LogP contribution < -0.4 is 0 Å². The van der Waals surface area contributed by atoms with E-state index in [0.717, 1.165) is 38.0 Å². The maximum atomic E-state index is 15.0. The van der Waals surface area contributed by atoms with Crippen molar-refractivity contribution in [1.82, 2.24) is 4.90 Å². The molecule has 0 bridgehead atoms. The van der Waals surface area contributed by atoms with Crippen LogP contribution in [0.4, 0.5) is 30.7 Å². The number of likely N-dealkylation sites (tertiary alicyclic amines) is 1. The third-order valence-electron chi connectivity index (χ3n) is 9.47. The molecular weight excluding hydrogens is 723 g/mol. The van der Waals surface area contributed by atoms with Crippen molar-refractivity contribution in [1.29, 1.82) is 0 Å². The number of hydrogen-bond acceptors (Lipinski definition) is 4. The van der Waals surface area contributed by atoms with Gasteiger partial charge in [-0.15, -0.1) is 0 Å². The summed E-state index contributed by atoms with van der Waals surface area (Å²) in [6.45, 7) is 11.6. The number of carbonyl (C=O) groups excluding carboxylic acids is 1. The number of halogens is 8. The minimum absolute atomic E-state index is 0.0194. The van der Waals surface area contributed by atoms with Gasteiger partial charge in [0.2, 0.25) is 5.91 Å². The van der Waals surface area contributed by atoms with Crippen molar-refractivity contribution in [2.24, 2.45) is 5.92 Å². The number of hydrogen-bond donors (Lipinski definition) is 1. The highest BCUT2D eigenvalue weighted by atomic mass is 35.5. The fourth-order valence-electron chi connectivity index (χ4n) is 7.01. The van der Waals surface area contributed by atoms with E-state index >= 15 is 4.39 Å². The third kappa shape index (κ3) is 8.55. The van der Waals surface area contributed by atoms with Crippen LogP contribution in [0.1, 0.15) is 108 Å². The summed E-state index contributed by atoms with van der Waals surface area (Å²) < 4.78 is 124. The quantitative estimate of drug-likeness (QED) is 0.193. The number of fused-ring (bicyclic) bond motifs is 3. The number of unbranched alkanes of at least 4 members (excludes halogenated alkanes) is 1. The molecule has 1 heterocycles. The molecule has 1 aliphatic carbocycles. The van der Waals surface area contributed by atoms with Gasteiger partial charge < -0.3 is 10.0 Å². The summed E-state index contributed by atoms with van der Waals surface area (Å²) in [4.78, 5) is 15.1. The lowest BCUT2D eigenvalue weighted by Gasteiger charge is -2.43. The molecule has 2 aliphatic rings. The molecule has 1 fully saturated rings. The molecule has 14 heteroatoms. The van der Waals surface area contributed by atoms with E-state index in [-0.39, 0.29) is 58.7 Å². The minimum Gasteiger partial charge on any atom is -0.516 e. The van der Waals surface area contributed by atoms with Crippen molar-refractivity contribution in [3.63, 3.8) is 0 Å². The number of amides is 1. The van der Waals surface area contributed by atoms with Crippen LogP contribution in [-0.2, 0) is 31.5 Å². The van der Waals surface area contributed by atoms with E-state index in [2.05, 4.69) is 6.92 Å². The summed E-state index contributed by atoms with van der Waals surface area (Å²) >= 11 is 6.26. The summed E-state index contributed by atoms with van der Waals surface area (Å²) in [7, 11) is -4.45. The van der Waals surface area contributed by atoms with Gasteiger partial charge in [-0.2, -0.15) is 26.3 Å². The number of alkyl halides is 7. The van der Waals surface area contributed by atoms with E-state index in [9.17, 15) is 39.6 Å². The van der Waals surface area contributed by atoms with Crippen molar-refractivity contribution in [2.75, 3.05) is 6.54 Å². The van der Waals surface area contributed by atoms with Gasteiger partial charge in [0.15, 0.2) is 9.84 Å². The fraction of sp³-hybridized carbons (Fsp3) is 0.595. The molecule has 0 spiro atoms. The Bertz CT molecular complexity index is 1590. The largest absolute Gasteiger partial charge is 0.516 e. The Kier molecular flexibility index (Phi) is 15.5. The van der Waals surface area contributed by atoms with Crippen LogP contribution in [0.15, 0.2) is 53.6 Å². The molecule has 2 aromatic carbocycles. The first-order valence-electron chi connectivity index (χ1n) is 17.4. The molecule has 4 rings (SSSR count). The van der Waals surface area contributed by atoms with Crippen molar-refractivity contribution >= 4 is 27.3 Å². The smallest absolute Gasteiger partial charge is 0.435 e. The van der Waals surface area contributed by atoms with Crippen LogP contribution in [0.3, 0.4) is 0 Å². The van der Waals surface area contributed by atoms with Crippen molar-refractivity contribution in [3.05, 3.63) is 76.0 Å². The Hall–Kier alpha value is -2.80. The van der Waals surface area contributed by atoms with Crippen LogP contribution in [0, 0.1) is 12.8 Å². The average molecular weight is 772 g/mol. The molecule has 0 saturated carbocycles. The second kappa shape index (κ2) is 17.8. The van der Waals surface area contributed by atoms with Crippen molar-refractivity contribution in [2.45, 2.75) is 133 Å². The predicted molar refractivity (Wildman–Crippen MR) is 186 cm³/mol. The van der Waals surface area contributed by atoms with Crippen molar-refractivity contribution < 1.29 is 49.1 Å². The van der Waals surface area contributed by atoms with Gasteiger partial charge in [0.05, 0.1) is 17.2 Å². The van der Waals surface area contributed by atoms with Crippen molar-refractivity contribution in [3.8, 4) is 0 Å². The number of nitrogens with zero attached hydrogens (tertiary/aromatic N) is 1. The summed E-state index contributed by atoms with van der Waals surface area (Å²) in [5.74, 6) is -0.596. The van der Waals surface area contributed by atoms with Crippen LogP contribution >= 0.6 is 11.6 Å². The molecular formula is C37H49ClF7NO4S. The number of benzene rings is 2. The number of sulfone groups is 1. The molecule has 0 aromatic heterocycles. The number of rotatable bonds is 10. The van der Waals surface area contributed by atoms with Gasteiger partial charge >= 0.3 is 18.0 Å². The molecule has 288 valence electrons. The van der Waals surface area contributed by atoms with Gasteiger partial charge in [0, 0.05) is 23.0 Å². The summed E-state index contributed by atoms with van der Waals surface area (Å²) in [6, 6.07) is 4.85. The lowest BCUT2D eigenvalue weighted by Crippen LogP contribution is -2.53. The van der Waals surface area contributed by atoms with Gasteiger partial charge in [-0.05, 0) is 74.3 Å². The van der Waals surface area contributed by atoms with Crippen LogP contribution in [-0.4, -0.2) is 49.3 Å². The van der Waals surface area contributed by atoms with E-state index < -0.39 is 44.2 Å². The maximum absolute atomic E-state index is 15.0. The number of carbonyl (C=O) groups is 1. The van der Waals surface area contributed by atoms with Crippen LogP contribution in [0.2, 0.25) is 5.02 Å². The highest BCUT2D eigenvalue weighted by Crippen LogP contribution is 2.57. The molecule has 5 nitrogen and oxygen atoms in total. The van der Waals surface area contributed by atoms with E-state index in [0.29, 0.717) is 30.5 Å². The second-order valence-electron chi connectivity index (χ2n) is 12.6. The highest BCUT2D eigenvalue weighted by Gasteiger charge is 2.74. The zero-order valence-electron chi connectivity index (χ0n) is 29.9. The van der Waals surface area contributed by atoms with Crippen LogP contribution in [0.25, 0.3) is 0 Å². The van der Waals surface area contributed by atoms with E-state index in [1.54, 1.807) is 13.0 Å². The lowest BCUT2D eigenvalue weighted by molar-refractivity contribution is -0.348. The summed E-state index contributed by atoms with van der Waals surface area (Å²) in [5.41, 5.74) is -6.92. The molecule has 1 saturated heterocycles. The molecule has 2 aromatic rings. The SMILES string of the molecule is CC.CCC/C=C/O.CCCC(CCC)C(=O)N1CCC2(S(=O)(=O)c3ccc(C)c(Cl)c3)c3ccc(C(F)(C(F)(F)F)C(F)(F)F)cc3CCC12. The molecule has 51 heavy (non-hydrogen) atoms. The first kappa shape index (κ1) is 44.4. The summed E-state index contributed by atoms with van der Waals surface area (Å²) in [6.07, 6.45) is -5.47.